The molecule has 19 heavy (non-hydrogen) atoms. The van der Waals surface area contributed by atoms with Crippen LogP contribution in [0.25, 0.3) is 0 Å². The van der Waals surface area contributed by atoms with Gasteiger partial charge in [-0.05, 0) is 46.2 Å². The highest BCUT2D eigenvalue weighted by Gasteiger charge is 2.43. The molecular weight excluding hydrogens is 236 g/mol. The van der Waals surface area contributed by atoms with Gasteiger partial charge in [-0.15, -0.1) is 0 Å². The number of rotatable bonds is 3. The van der Waals surface area contributed by atoms with Crippen LogP contribution >= 0.6 is 0 Å². The van der Waals surface area contributed by atoms with Crippen molar-refractivity contribution in [3.05, 3.63) is 29.8 Å². The standard InChI is InChI=1S/C16H24N2O/c1-15(2,3)17-10-11-18-13-9-7-6-8-12(13)16(4,5)14(18)19/h6-9,17H,10-11H2,1-5H3. The third kappa shape index (κ3) is 2.66. The van der Waals surface area contributed by atoms with Crippen molar-refractivity contribution in [1.29, 1.82) is 0 Å². The van der Waals surface area contributed by atoms with Crippen LogP contribution in [0.1, 0.15) is 40.2 Å². The third-order valence-corrected chi connectivity index (χ3v) is 3.64. The highest BCUT2D eigenvalue weighted by Crippen LogP contribution is 2.40. The smallest absolute Gasteiger partial charge is 0.237 e. The molecule has 104 valence electrons. The molecule has 0 fully saturated rings. The summed E-state index contributed by atoms with van der Waals surface area (Å²) in [6, 6.07) is 8.10. The summed E-state index contributed by atoms with van der Waals surface area (Å²) in [4.78, 5) is 14.4. The molecule has 3 heteroatoms. The van der Waals surface area contributed by atoms with Crippen LogP contribution in [0.4, 0.5) is 5.69 Å². The van der Waals surface area contributed by atoms with E-state index in [1.807, 2.05) is 36.9 Å². The van der Waals surface area contributed by atoms with Crippen molar-refractivity contribution in [2.24, 2.45) is 0 Å². The molecule has 2 rings (SSSR count). The molecule has 0 spiro atoms. The van der Waals surface area contributed by atoms with Crippen molar-refractivity contribution < 1.29 is 4.79 Å². The number of nitrogens with zero attached hydrogens (tertiary/aromatic N) is 1. The van der Waals surface area contributed by atoms with Gasteiger partial charge in [-0.1, -0.05) is 18.2 Å². The lowest BCUT2D eigenvalue weighted by Gasteiger charge is -2.25. The summed E-state index contributed by atoms with van der Waals surface area (Å²) in [5.74, 6) is 0.199. The van der Waals surface area contributed by atoms with Crippen LogP contribution in [-0.2, 0) is 10.2 Å². The number of hydrogen-bond acceptors (Lipinski definition) is 2. The first-order valence-corrected chi connectivity index (χ1v) is 6.90. The number of nitrogens with one attached hydrogen (secondary N) is 1. The van der Waals surface area contributed by atoms with Crippen molar-refractivity contribution in [2.75, 3.05) is 18.0 Å². The van der Waals surface area contributed by atoms with E-state index in [0.717, 1.165) is 24.3 Å². The summed E-state index contributed by atoms with van der Waals surface area (Å²) in [6.45, 7) is 11.9. The molecule has 1 heterocycles. The Morgan fingerprint density at radius 2 is 1.84 bits per heavy atom. The van der Waals surface area contributed by atoms with Gasteiger partial charge in [0.05, 0.1) is 5.41 Å². The van der Waals surface area contributed by atoms with Crippen molar-refractivity contribution in [3.8, 4) is 0 Å². The second kappa shape index (κ2) is 4.64. The minimum absolute atomic E-state index is 0.0812. The van der Waals surface area contributed by atoms with Crippen LogP contribution in [0.5, 0.6) is 0 Å². The molecule has 0 saturated heterocycles. The van der Waals surface area contributed by atoms with Crippen LogP contribution in [0.2, 0.25) is 0 Å². The maximum atomic E-state index is 12.5. The molecule has 0 aliphatic carbocycles. The number of amides is 1. The van der Waals surface area contributed by atoms with E-state index in [0.29, 0.717) is 0 Å². The quantitative estimate of drug-likeness (QED) is 0.906. The van der Waals surface area contributed by atoms with Gasteiger partial charge in [-0.3, -0.25) is 4.79 Å². The minimum atomic E-state index is -0.404. The van der Waals surface area contributed by atoms with Gasteiger partial charge in [0.1, 0.15) is 0 Å². The van der Waals surface area contributed by atoms with Crippen molar-refractivity contribution >= 4 is 11.6 Å². The van der Waals surface area contributed by atoms with Gasteiger partial charge in [-0.25, -0.2) is 0 Å². The van der Waals surface area contributed by atoms with E-state index in [4.69, 9.17) is 0 Å². The number of hydrogen-bond donors (Lipinski definition) is 1. The summed E-state index contributed by atoms with van der Waals surface area (Å²) in [5, 5.41) is 3.43. The Hall–Kier alpha value is -1.35. The molecule has 0 saturated carbocycles. The van der Waals surface area contributed by atoms with E-state index >= 15 is 0 Å². The van der Waals surface area contributed by atoms with Crippen LogP contribution in [0, 0.1) is 0 Å². The molecule has 0 aromatic heterocycles. The molecule has 1 amide bonds. The SMILES string of the molecule is CC(C)(C)NCCN1C(=O)C(C)(C)c2ccccc21. The Morgan fingerprint density at radius 1 is 1.21 bits per heavy atom. The van der Waals surface area contributed by atoms with E-state index in [2.05, 4.69) is 32.2 Å². The maximum absolute atomic E-state index is 12.5. The summed E-state index contributed by atoms with van der Waals surface area (Å²) < 4.78 is 0. The molecular formula is C16H24N2O. The second-order valence-electron chi connectivity index (χ2n) is 6.78. The number of fused-ring (bicyclic) bond motifs is 1. The lowest BCUT2D eigenvalue weighted by atomic mass is 9.86. The predicted octanol–water partition coefficient (Wildman–Crippen LogP) is 2.70. The molecule has 0 bridgehead atoms. The molecule has 0 atom stereocenters. The first-order valence-electron chi connectivity index (χ1n) is 6.90. The molecule has 0 unspecified atom stereocenters. The first-order chi connectivity index (χ1) is 8.73. The van der Waals surface area contributed by atoms with Gasteiger partial charge < -0.3 is 10.2 Å². The van der Waals surface area contributed by atoms with E-state index in [1.54, 1.807) is 0 Å². The fourth-order valence-corrected chi connectivity index (χ4v) is 2.56. The van der Waals surface area contributed by atoms with Gasteiger partial charge in [0.2, 0.25) is 5.91 Å². The number of carbonyl (C=O) groups is 1. The van der Waals surface area contributed by atoms with Gasteiger partial charge in [0.25, 0.3) is 0 Å². The number of carbonyl (C=O) groups excluding carboxylic acids is 1. The molecule has 0 radical (unpaired) electrons. The highest BCUT2D eigenvalue weighted by atomic mass is 16.2. The van der Waals surface area contributed by atoms with E-state index in [1.165, 1.54) is 0 Å². The van der Waals surface area contributed by atoms with E-state index in [9.17, 15) is 4.79 Å². The average molecular weight is 260 g/mol. The highest BCUT2D eigenvalue weighted by molar-refractivity contribution is 6.07. The fourth-order valence-electron chi connectivity index (χ4n) is 2.56. The van der Waals surface area contributed by atoms with Crippen molar-refractivity contribution in [2.45, 2.75) is 45.6 Å². The lowest BCUT2D eigenvalue weighted by molar-refractivity contribution is -0.122. The Kier molecular flexibility index (Phi) is 3.43. The lowest BCUT2D eigenvalue weighted by Crippen LogP contribution is -2.44. The Labute approximate surface area is 116 Å². The maximum Gasteiger partial charge on any atom is 0.237 e. The van der Waals surface area contributed by atoms with Crippen LogP contribution in [0.3, 0.4) is 0 Å². The molecule has 1 aliphatic heterocycles. The summed E-state index contributed by atoms with van der Waals surface area (Å²) >= 11 is 0. The molecule has 1 aliphatic rings. The zero-order valence-corrected chi connectivity index (χ0v) is 12.6. The van der Waals surface area contributed by atoms with Crippen molar-refractivity contribution in [3.63, 3.8) is 0 Å². The number of anilines is 1. The number of benzene rings is 1. The largest absolute Gasteiger partial charge is 0.310 e. The van der Waals surface area contributed by atoms with Gasteiger partial charge in [0.15, 0.2) is 0 Å². The summed E-state index contributed by atoms with van der Waals surface area (Å²) in [7, 11) is 0. The van der Waals surface area contributed by atoms with Gasteiger partial charge >= 0.3 is 0 Å². The first kappa shape index (κ1) is 14.1. The minimum Gasteiger partial charge on any atom is -0.310 e. The molecule has 1 aromatic rings. The van der Waals surface area contributed by atoms with Gasteiger partial charge in [0, 0.05) is 24.3 Å². The monoisotopic (exact) mass is 260 g/mol. The van der Waals surface area contributed by atoms with E-state index < -0.39 is 5.41 Å². The zero-order chi connectivity index (χ0) is 14.3. The number of para-hydroxylation sites is 1. The van der Waals surface area contributed by atoms with Crippen LogP contribution < -0.4 is 10.2 Å². The second-order valence-corrected chi connectivity index (χ2v) is 6.78. The Morgan fingerprint density at radius 3 is 2.47 bits per heavy atom. The van der Waals surface area contributed by atoms with E-state index in [-0.39, 0.29) is 11.4 Å². The Bertz CT molecular complexity index is 486. The Balaban J connectivity index is 2.17. The molecule has 3 nitrogen and oxygen atoms in total. The molecule has 1 N–H and O–H groups in total. The zero-order valence-electron chi connectivity index (χ0n) is 12.6. The third-order valence-electron chi connectivity index (χ3n) is 3.64. The normalized spacial score (nSPS) is 17.7. The van der Waals surface area contributed by atoms with Crippen LogP contribution in [-0.4, -0.2) is 24.5 Å². The average Bonchev–Trinajstić information content (AvgIpc) is 2.50. The van der Waals surface area contributed by atoms with Crippen LogP contribution in [0.15, 0.2) is 24.3 Å². The van der Waals surface area contributed by atoms with Gasteiger partial charge in [-0.2, -0.15) is 0 Å². The summed E-state index contributed by atoms with van der Waals surface area (Å²) in [5.41, 5.74) is 1.87. The summed E-state index contributed by atoms with van der Waals surface area (Å²) in [6.07, 6.45) is 0. The molecule has 1 aromatic carbocycles. The van der Waals surface area contributed by atoms with Crippen molar-refractivity contribution in [1.82, 2.24) is 5.32 Å². The fraction of sp³-hybridized carbons (Fsp3) is 0.562. The topological polar surface area (TPSA) is 32.3 Å². The predicted molar refractivity (Wildman–Crippen MR) is 79.6 cm³/mol.